The number of allylic oxidation sites excluding steroid dienone is 2. The van der Waals surface area contributed by atoms with Crippen LogP contribution < -0.4 is 10.0 Å². The Hall–Kier alpha value is -0.640. The molecule has 15 heavy (non-hydrogen) atoms. The van der Waals surface area contributed by atoms with E-state index in [-0.39, 0.29) is 6.03 Å². The van der Waals surface area contributed by atoms with Crippen molar-refractivity contribution in [3.8, 4) is 0 Å². The normalized spacial score (nSPS) is 31.9. The van der Waals surface area contributed by atoms with E-state index in [1.807, 2.05) is 6.26 Å². The minimum Gasteiger partial charge on any atom is -0.337 e. The molecule has 2 N–H and O–H groups in total. The van der Waals surface area contributed by atoms with Crippen molar-refractivity contribution in [2.75, 3.05) is 12.8 Å². The second-order valence-electron chi connectivity index (χ2n) is 4.39. The third-order valence-electron chi connectivity index (χ3n) is 3.41. The molecule has 3 unspecified atom stereocenters. The predicted molar refractivity (Wildman–Crippen MR) is 63.5 cm³/mol. The minimum absolute atomic E-state index is 0.0683. The molecule has 2 rings (SSSR count). The first-order valence-electron chi connectivity index (χ1n) is 5.54. The summed E-state index contributed by atoms with van der Waals surface area (Å²) in [7, 11) is 0. The fourth-order valence-corrected chi connectivity index (χ4v) is 2.98. The molecule has 4 heteroatoms. The first kappa shape index (κ1) is 10.9. The Morgan fingerprint density at radius 1 is 1.47 bits per heavy atom. The number of amides is 2. The third kappa shape index (κ3) is 2.68. The molecule has 1 fully saturated rings. The molecule has 3 atom stereocenters. The van der Waals surface area contributed by atoms with E-state index in [0.717, 1.165) is 30.7 Å². The van der Waals surface area contributed by atoms with Crippen LogP contribution in [-0.2, 0) is 0 Å². The SMILES string of the molecule is CSNC(=O)NCCC1CC2C=CC1C2. The molecule has 84 valence electrons. The van der Waals surface area contributed by atoms with Crippen LogP contribution in [0.3, 0.4) is 0 Å². The molecule has 0 spiro atoms. The molecular weight excluding hydrogens is 208 g/mol. The number of carbonyl (C=O) groups is 1. The lowest BCUT2D eigenvalue weighted by Crippen LogP contribution is -2.32. The number of fused-ring (bicyclic) bond motifs is 2. The third-order valence-corrected chi connectivity index (χ3v) is 3.80. The number of rotatable bonds is 4. The smallest absolute Gasteiger partial charge is 0.324 e. The molecule has 0 aliphatic heterocycles. The first-order chi connectivity index (χ1) is 7.29. The van der Waals surface area contributed by atoms with Gasteiger partial charge in [-0.15, -0.1) is 0 Å². The zero-order valence-corrected chi connectivity index (χ0v) is 9.85. The fraction of sp³-hybridized carbons (Fsp3) is 0.727. The van der Waals surface area contributed by atoms with E-state index in [2.05, 4.69) is 22.2 Å². The summed E-state index contributed by atoms with van der Waals surface area (Å²) in [5.41, 5.74) is 0. The Morgan fingerprint density at radius 3 is 2.93 bits per heavy atom. The maximum absolute atomic E-state index is 11.1. The average Bonchev–Trinajstić information content (AvgIpc) is 2.79. The number of hydrogen-bond acceptors (Lipinski definition) is 2. The van der Waals surface area contributed by atoms with Crippen LogP contribution in [0.4, 0.5) is 4.79 Å². The molecule has 2 aliphatic rings. The van der Waals surface area contributed by atoms with Crippen LogP contribution in [-0.4, -0.2) is 18.8 Å². The van der Waals surface area contributed by atoms with Crippen molar-refractivity contribution in [3.63, 3.8) is 0 Å². The van der Waals surface area contributed by atoms with Crippen molar-refractivity contribution in [1.29, 1.82) is 0 Å². The molecule has 2 amide bonds. The molecule has 0 heterocycles. The van der Waals surface area contributed by atoms with Gasteiger partial charge in [-0.1, -0.05) is 24.1 Å². The average molecular weight is 226 g/mol. The van der Waals surface area contributed by atoms with Crippen LogP contribution >= 0.6 is 11.9 Å². The maximum Gasteiger partial charge on any atom is 0.324 e. The molecular formula is C11H18N2OS. The van der Waals surface area contributed by atoms with Gasteiger partial charge in [-0.25, -0.2) is 4.79 Å². The van der Waals surface area contributed by atoms with E-state index in [1.54, 1.807) is 0 Å². The highest BCUT2D eigenvalue weighted by molar-refractivity contribution is 7.97. The van der Waals surface area contributed by atoms with E-state index >= 15 is 0 Å². The quantitative estimate of drug-likeness (QED) is 0.570. The molecule has 3 nitrogen and oxygen atoms in total. The number of nitrogens with one attached hydrogen (secondary N) is 2. The maximum atomic E-state index is 11.1. The van der Waals surface area contributed by atoms with Gasteiger partial charge in [0.2, 0.25) is 0 Å². The molecule has 0 aromatic rings. The van der Waals surface area contributed by atoms with Crippen LogP contribution in [0.2, 0.25) is 0 Å². The van der Waals surface area contributed by atoms with Gasteiger partial charge in [-0.2, -0.15) is 0 Å². The van der Waals surface area contributed by atoms with Gasteiger partial charge in [0, 0.05) is 12.8 Å². The first-order valence-corrected chi connectivity index (χ1v) is 6.77. The van der Waals surface area contributed by atoms with Crippen LogP contribution in [0.1, 0.15) is 19.3 Å². The standard InChI is InChI=1S/C11H18N2OS/c1-15-13-11(14)12-5-4-10-7-8-2-3-9(10)6-8/h2-3,8-10H,4-7H2,1H3,(H2,12,13,14). The van der Waals surface area contributed by atoms with Crippen molar-refractivity contribution in [2.45, 2.75) is 19.3 Å². The summed E-state index contributed by atoms with van der Waals surface area (Å²) in [6.07, 6.45) is 10.4. The van der Waals surface area contributed by atoms with Gasteiger partial charge in [0.15, 0.2) is 0 Å². The Kier molecular flexibility index (Phi) is 3.57. The van der Waals surface area contributed by atoms with Crippen LogP contribution in [0.15, 0.2) is 12.2 Å². The summed E-state index contributed by atoms with van der Waals surface area (Å²) >= 11 is 1.33. The summed E-state index contributed by atoms with van der Waals surface area (Å²) in [6.45, 7) is 0.800. The van der Waals surface area contributed by atoms with Gasteiger partial charge in [-0.05, 0) is 37.0 Å². The lowest BCUT2D eigenvalue weighted by molar-refractivity contribution is 0.245. The van der Waals surface area contributed by atoms with Crippen molar-refractivity contribution in [2.24, 2.45) is 17.8 Å². The summed E-state index contributed by atoms with van der Waals surface area (Å²) in [4.78, 5) is 11.1. The van der Waals surface area contributed by atoms with E-state index in [0.29, 0.717) is 0 Å². The zero-order valence-electron chi connectivity index (χ0n) is 9.03. The largest absolute Gasteiger partial charge is 0.337 e. The van der Waals surface area contributed by atoms with Gasteiger partial charge in [0.25, 0.3) is 0 Å². The summed E-state index contributed by atoms with van der Waals surface area (Å²) in [6, 6.07) is -0.0683. The van der Waals surface area contributed by atoms with Crippen molar-refractivity contribution in [1.82, 2.24) is 10.0 Å². The molecule has 0 aromatic heterocycles. The molecule has 0 aromatic carbocycles. The van der Waals surface area contributed by atoms with Gasteiger partial charge in [-0.3, -0.25) is 4.72 Å². The van der Waals surface area contributed by atoms with Gasteiger partial charge >= 0.3 is 6.03 Å². The van der Waals surface area contributed by atoms with Crippen LogP contribution in [0.5, 0.6) is 0 Å². The van der Waals surface area contributed by atoms with E-state index in [9.17, 15) is 4.79 Å². The zero-order chi connectivity index (χ0) is 10.7. The van der Waals surface area contributed by atoms with Crippen molar-refractivity contribution >= 4 is 18.0 Å². The predicted octanol–water partition coefficient (Wildman–Crippen LogP) is 2.17. The highest BCUT2D eigenvalue weighted by Gasteiger charge is 2.34. The molecule has 0 saturated heterocycles. The molecule has 1 saturated carbocycles. The Balaban J connectivity index is 1.63. The van der Waals surface area contributed by atoms with Crippen LogP contribution in [0, 0.1) is 17.8 Å². The van der Waals surface area contributed by atoms with Crippen molar-refractivity contribution in [3.05, 3.63) is 12.2 Å². The number of hydrogen-bond donors (Lipinski definition) is 2. The molecule has 2 bridgehead atoms. The second kappa shape index (κ2) is 4.92. The number of carbonyl (C=O) groups excluding carboxylic acids is 1. The van der Waals surface area contributed by atoms with Gasteiger partial charge < -0.3 is 5.32 Å². The second-order valence-corrected chi connectivity index (χ2v) is 5.00. The highest BCUT2D eigenvalue weighted by Crippen LogP contribution is 2.44. The minimum atomic E-state index is -0.0683. The fourth-order valence-electron chi connectivity index (χ4n) is 2.73. The van der Waals surface area contributed by atoms with Gasteiger partial charge in [0.1, 0.15) is 0 Å². The van der Waals surface area contributed by atoms with E-state index in [1.165, 1.54) is 24.8 Å². The lowest BCUT2D eigenvalue weighted by Gasteiger charge is -2.17. The summed E-state index contributed by atoms with van der Waals surface area (Å²) < 4.78 is 2.66. The van der Waals surface area contributed by atoms with E-state index in [4.69, 9.17) is 0 Å². The Labute approximate surface area is 95.2 Å². The number of urea groups is 1. The summed E-state index contributed by atoms with van der Waals surface area (Å²) in [5, 5.41) is 2.87. The Morgan fingerprint density at radius 2 is 2.33 bits per heavy atom. The lowest BCUT2D eigenvalue weighted by atomic mass is 9.91. The monoisotopic (exact) mass is 226 g/mol. The summed E-state index contributed by atoms with van der Waals surface area (Å²) in [5.74, 6) is 2.43. The topological polar surface area (TPSA) is 41.1 Å². The van der Waals surface area contributed by atoms with Crippen molar-refractivity contribution < 1.29 is 4.79 Å². The molecule has 2 aliphatic carbocycles. The van der Waals surface area contributed by atoms with E-state index < -0.39 is 0 Å². The van der Waals surface area contributed by atoms with Crippen LogP contribution in [0.25, 0.3) is 0 Å². The Bertz CT molecular complexity index is 267. The molecule has 0 radical (unpaired) electrons. The highest BCUT2D eigenvalue weighted by atomic mass is 32.2. The van der Waals surface area contributed by atoms with Gasteiger partial charge in [0.05, 0.1) is 0 Å².